The molecular weight excluding hydrogens is 222 g/mol. The van der Waals surface area contributed by atoms with Crippen LogP contribution in [0.4, 0.5) is 5.82 Å². The number of hydrogen-bond acceptors (Lipinski definition) is 5. The van der Waals surface area contributed by atoms with E-state index in [1.807, 2.05) is 12.4 Å². The molecule has 0 spiro atoms. The maximum atomic E-state index is 5.57. The highest BCUT2D eigenvalue weighted by molar-refractivity contribution is 7.09. The van der Waals surface area contributed by atoms with Gasteiger partial charge in [0.2, 0.25) is 0 Å². The number of thiazole rings is 1. The van der Waals surface area contributed by atoms with Gasteiger partial charge in [0.1, 0.15) is 11.6 Å². The Hall–Kier alpha value is -1.62. The zero-order chi connectivity index (χ0) is 11.4. The number of nitrogens with two attached hydrogens (primary N) is 1. The van der Waals surface area contributed by atoms with E-state index in [0.29, 0.717) is 12.4 Å². The first kappa shape index (κ1) is 10.9. The maximum Gasteiger partial charge on any atom is 0.126 e. The normalized spacial score (nSPS) is 10.3. The molecule has 5 heteroatoms. The molecule has 0 amide bonds. The molecule has 0 atom stereocenters. The average molecular weight is 235 g/mol. The minimum atomic E-state index is 0.478. The standard InChI is InChI=1S/C11H13N3OS/c1-8-10(16-7-14-8)3-5-15-9-2-4-13-11(12)6-9/h2,4,6-7H,3,5H2,1H3,(H2,12,13). The summed E-state index contributed by atoms with van der Waals surface area (Å²) in [6.45, 7) is 2.64. The molecule has 0 radical (unpaired) electrons. The molecule has 2 N–H and O–H groups in total. The van der Waals surface area contributed by atoms with Crippen molar-refractivity contribution in [2.45, 2.75) is 13.3 Å². The van der Waals surface area contributed by atoms with Gasteiger partial charge in [0.25, 0.3) is 0 Å². The van der Waals surface area contributed by atoms with Gasteiger partial charge in [-0.25, -0.2) is 9.97 Å². The first-order chi connectivity index (χ1) is 7.75. The second kappa shape index (κ2) is 4.94. The van der Waals surface area contributed by atoms with Gasteiger partial charge in [-0.1, -0.05) is 0 Å². The number of aromatic nitrogens is 2. The maximum absolute atomic E-state index is 5.57. The number of ether oxygens (including phenoxy) is 1. The number of anilines is 1. The Labute approximate surface area is 98.1 Å². The molecule has 2 heterocycles. The van der Waals surface area contributed by atoms with Crippen LogP contribution in [-0.2, 0) is 6.42 Å². The molecule has 84 valence electrons. The van der Waals surface area contributed by atoms with E-state index in [1.54, 1.807) is 29.7 Å². The Bertz CT molecular complexity index is 470. The zero-order valence-corrected chi connectivity index (χ0v) is 9.83. The molecule has 0 fully saturated rings. The van der Waals surface area contributed by atoms with E-state index in [0.717, 1.165) is 17.9 Å². The van der Waals surface area contributed by atoms with Crippen molar-refractivity contribution in [1.29, 1.82) is 0 Å². The molecule has 0 aliphatic carbocycles. The summed E-state index contributed by atoms with van der Waals surface area (Å²) in [6, 6.07) is 3.52. The minimum Gasteiger partial charge on any atom is -0.493 e. The van der Waals surface area contributed by atoms with Crippen molar-refractivity contribution < 1.29 is 4.74 Å². The molecule has 2 rings (SSSR count). The molecule has 0 unspecified atom stereocenters. The molecule has 0 aliphatic heterocycles. The zero-order valence-electron chi connectivity index (χ0n) is 9.01. The topological polar surface area (TPSA) is 61.0 Å². The highest BCUT2D eigenvalue weighted by Gasteiger charge is 2.01. The van der Waals surface area contributed by atoms with Crippen molar-refractivity contribution in [2.75, 3.05) is 12.3 Å². The van der Waals surface area contributed by atoms with Crippen molar-refractivity contribution in [3.63, 3.8) is 0 Å². The van der Waals surface area contributed by atoms with E-state index in [-0.39, 0.29) is 0 Å². The van der Waals surface area contributed by atoms with Crippen LogP contribution < -0.4 is 10.5 Å². The van der Waals surface area contributed by atoms with Gasteiger partial charge in [0.05, 0.1) is 17.8 Å². The SMILES string of the molecule is Cc1ncsc1CCOc1ccnc(N)c1. The van der Waals surface area contributed by atoms with Gasteiger partial charge in [-0.15, -0.1) is 11.3 Å². The number of aryl methyl sites for hydroxylation is 1. The number of nitrogens with zero attached hydrogens (tertiary/aromatic N) is 2. The smallest absolute Gasteiger partial charge is 0.126 e. The molecule has 16 heavy (non-hydrogen) atoms. The number of hydrogen-bond donors (Lipinski definition) is 1. The second-order valence-corrected chi connectivity index (χ2v) is 4.32. The fourth-order valence-electron chi connectivity index (χ4n) is 1.35. The van der Waals surface area contributed by atoms with Crippen LogP contribution in [0.2, 0.25) is 0 Å². The van der Waals surface area contributed by atoms with Gasteiger partial charge in [-0.2, -0.15) is 0 Å². The summed E-state index contributed by atoms with van der Waals surface area (Å²) in [5.41, 5.74) is 8.49. The summed E-state index contributed by atoms with van der Waals surface area (Å²) in [4.78, 5) is 9.36. The van der Waals surface area contributed by atoms with Gasteiger partial charge in [-0.05, 0) is 13.0 Å². The Morgan fingerprint density at radius 3 is 3.00 bits per heavy atom. The average Bonchev–Trinajstić information content (AvgIpc) is 2.65. The highest BCUT2D eigenvalue weighted by atomic mass is 32.1. The van der Waals surface area contributed by atoms with Gasteiger partial charge in [-0.3, -0.25) is 0 Å². The van der Waals surface area contributed by atoms with Gasteiger partial charge < -0.3 is 10.5 Å². The van der Waals surface area contributed by atoms with Crippen LogP contribution in [0.3, 0.4) is 0 Å². The van der Waals surface area contributed by atoms with Gasteiger partial charge in [0, 0.05) is 23.6 Å². The van der Waals surface area contributed by atoms with Crippen molar-refractivity contribution in [2.24, 2.45) is 0 Å². The van der Waals surface area contributed by atoms with E-state index in [9.17, 15) is 0 Å². The Morgan fingerprint density at radius 2 is 2.31 bits per heavy atom. The van der Waals surface area contributed by atoms with Crippen molar-refractivity contribution >= 4 is 17.2 Å². The van der Waals surface area contributed by atoms with Crippen molar-refractivity contribution in [3.8, 4) is 5.75 Å². The Kier molecular flexibility index (Phi) is 3.36. The van der Waals surface area contributed by atoms with Gasteiger partial charge in [0.15, 0.2) is 0 Å². The van der Waals surface area contributed by atoms with E-state index < -0.39 is 0 Å². The first-order valence-electron chi connectivity index (χ1n) is 4.99. The Morgan fingerprint density at radius 1 is 1.44 bits per heavy atom. The molecule has 4 nitrogen and oxygen atoms in total. The summed E-state index contributed by atoms with van der Waals surface area (Å²) in [7, 11) is 0. The number of rotatable bonds is 4. The predicted octanol–water partition coefficient (Wildman–Crippen LogP) is 2.05. The lowest BCUT2D eigenvalue weighted by Crippen LogP contribution is -2.02. The molecule has 2 aromatic rings. The van der Waals surface area contributed by atoms with Crippen LogP contribution in [0.5, 0.6) is 5.75 Å². The van der Waals surface area contributed by atoms with Crippen LogP contribution in [0, 0.1) is 6.92 Å². The molecule has 0 saturated carbocycles. The van der Waals surface area contributed by atoms with Crippen LogP contribution in [0.25, 0.3) is 0 Å². The van der Waals surface area contributed by atoms with Gasteiger partial charge >= 0.3 is 0 Å². The summed E-state index contributed by atoms with van der Waals surface area (Å²) in [5.74, 6) is 1.24. The largest absolute Gasteiger partial charge is 0.493 e. The lowest BCUT2D eigenvalue weighted by atomic mass is 10.3. The number of pyridine rings is 1. The van der Waals surface area contributed by atoms with Crippen LogP contribution in [0.1, 0.15) is 10.6 Å². The molecule has 0 bridgehead atoms. The first-order valence-corrected chi connectivity index (χ1v) is 5.87. The predicted molar refractivity (Wildman–Crippen MR) is 64.7 cm³/mol. The van der Waals surface area contributed by atoms with Crippen molar-refractivity contribution in [3.05, 3.63) is 34.4 Å². The lowest BCUT2D eigenvalue weighted by Gasteiger charge is -2.05. The second-order valence-electron chi connectivity index (χ2n) is 3.38. The van der Waals surface area contributed by atoms with Crippen molar-refractivity contribution in [1.82, 2.24) is 9.97 Å². The van der Waals surface area contributed by atoms with E-state index >= 15 is 0 Å². The fourth-order valence-corrected chi connectivity index (χ4v) is 2.11. The van der Waals surface area contributed by atoms with E-state index in [2.05, 4.69) is 9.97 Å². The van der Waals surface area contributed by atoms with Crippen LogP contribution in [-0.4, -0.2) is 16.6 Å². The fraction of sp³-hybridized carbons (Fsp3) is 0.273. The van der Waals surface area contributed by atoms with Crippen LogP contribution in [0.15, 0.2) is 23.8 Å². The summed E-state index contributed by atoms with van der Waals surface area (Å²) in [5, 5.41) is 0. The lowest BCUT2D eigenvalue weighted by molar-refractivity contribution is 0.322. The van der Waals surface area contributed by atoms with E-state index in [1.165, 1.54) is 4.88 Å². The molecule has 0 saturated heterocycles. The summed E-state index contributed by atoms with van der Waals surface area (Å²) >= 11 is 1.66. The summed E-state index contributed by atoms with van der Waals surface area (Å²) in [6.07, 6.45) is 2.52. The number of nitrogen functional groups attached to an aromatic ring is 1. The quantitative estimate of drug-likeness (QED) is 0.881. The molecular formula is C11H13N3OS. The third-order valence-corrected chi connectivity index (χ3v) is 3.19. The third kappa shape index (κ3) is 2.70. The molecule has 0 aromatic carbocycles. The summed E-state index contributed by atoms with van der Waals surface area (Å²) < 4.78 is 5.57. The molecule has 0 aliphatic rings. The highest BCUT2D eigenvalue weighted by Crippen LogP contribution is 2.15. The Balaban J connectivity index is 1.87. The van der Waals surface area contributed by atoms with E-state index in [4.69, 9.17) is 10.5 Å². The minimum absolute atomic E-state index is 0.478. The monoisotopic (exact) mass is 235 g/mol. The molecule has 2 aromatic heterocycles. The van der Waals surface area contributed by atoms with Crippen LogP contribution >= 0.6 is 11.3 Å². The third-order valence-electron chi connectivity index (χ3n) is 2.20.